The Morgan fingerprint density at radius 1 is 1.03 bits per heavy atom. The van der Waals surface area contributed by atoms with Crippen LogP contribution in [0.4, 0.5) is 11.4 Å². The van der Waals surface area contributed by atoms with E-state index >= 15 is 0 Å². The fraction of sp³-hybridized carbons (Fsp3) is 0.192. The second kappa shape index (κ2) is 8.99. The van der Waals surface area contributed by atoms with E-state index in [9.17, 15) is 9.59 Å². The fourth-order valence-corrected chi connectivity index (χ4v) is 4.19. The average molecular weight is 455 g/mol. The Labute approximate surface area is 197 Å². The van der Waals surface area contributed by atoms with Crippen molar-refractivity contribution in [2.24, 2.45) is 0 Å². The number of hydrogen-bond acceptors (Lipinski definition) is 5. The van der Waals surface area contributed by atoms with E-state index in [1.165, 1.54) is 11.1 Å². The number of imidazole rings is 1. The minimum absolute atomic E-state index is 0.185. The third-order valence-corrected chi connectivity index (χ3v) is 6.02. The van der Waals surface area contributed by atoms with Crippen LogP contribution in [0.25, 0.3) is 5.65 Å². The Kier molecular flexibility index (Phi) is 5.73. The highest BCUT2D eigenvalue weighted by Gasteiger charge is 2.15. The maximum Gasteiger partial charge on any atom is 0.271 e. The third kappa shape index (κ3) is 4.62. The lowest BCUT2D eigenvalue weighted by atomic mass is 9.99. The van der Waals surface area contributed by atoms with Gasteiger partial charge in [0.2, 0.25) is 0 Å². The number of nitrogen functional groups attached to an aromatic ring is 1. The summed E-state index contributed by atoms with van der Waals surface area (Å²) in [4.78, 5) is 32.0. The predicted octanol–water partition coefficient (Wildman–Crippen LogP) is 3.09. The molecule has 8 nitrogen and oxygen atoms in total. The minimum Gasteiger partial charge on any atom is -0.398 e. The summed E-state index contributed by atoms with van der Waals surface area (Å²) in [7, 11) is 2.10. The number of fused-ring (bicyclic) bond motifs is 2. The molecule has 0 fully saturated rings. The Bertz CT molecular complexity index is 1390. The summed E-state index contributed by atoms with van der Waals surface area (Å²) >= 11 is 0. The fourth-order valence-electron chi connectivity index (χ4n) is 4.19. The van der Waals surface area contributed by atoms with E-state index < -0.39 is 0 Å². The van der Waals surface area contributed by atoms with E-state index in [0.29, 0.717) is 22.6 Å². The largest absolute Gasteiger partial charge is 0.398 e. The zero-order valence-electron chi connectivity index (χ0n) is 18.9. The van der Waals surface area contributed by atoms with Crippen molar-refractivity contribution in [3.05, 3.63) is 94.9 Å². The molecule has 0 saturated carbocycles. The number of benzene rings is 2. The van der Waals surface area contributed by atoms with Gasteiger partial charge in [0.05, 0.1) is 0 Å². The molecule has 4 aromatic rings. The van der Waals surface area contributed by atoms with Gasteiger partial charge in [-0.3, -0.25) is 9.59 Å². The Balaban J connectivity index is 1.23. The molecule has 4 N–H and O–H groups in total. The van der Waals surface area contributed by atoms with Crippen LogP contribution in [-0.2, 0) is 19.5 Å². The molecular weight excluding hydrogens is 428 g/mol. The maximum atomic E-state index is 12.9. The summed E-state index contributed by atoms with van der Waals surface area (Å²) in [5, 5.41) is 5.86. The van der Waals surface area contributed by atoms with Crippen molar-refractivity contribution in [2.75, 3.05) is 24.6 Å². The number of hydrogen-bond donors (Lipinski definition) is 3. The molecule has 5 rings (SSSR count). The molecule has 1 aliphatic rings. The predicted molar refractivity (Wildman–Crippen MR) is 132 cm³/mol. The highest BCUT2D eigenvalue weighted by atomic mass is 16.2. The van der Waals surface area contributed by atoms with Crippen molar-refractivity contribution in [1.29, 1.82) is 0 Å². The molecule has 0 aliphatic carbocycles. The number of amides is 2. The molecule has 2 aromatic heterocycles. The van der Waals surface area contributed by atoms with Crippen LogP contribution in [0, 0.1) is 0 Å². The molecular formula is C26H26N6O2. The number of nitrogens with one attached hydrogen (secondary N) is 2. The molecule has 0 unspecified atom stereocenters. The number of rotatable bonds is 5. The average Bonchev–Trinajstić information content (AvgIpc) is 3.26. The first-order chi connectivity index (χ1) is 16.4. The summed E-state index contributed by atoms with van der Waals surface area (Å²) in [5.41, 5.74) is 12.0. The van der Waals surface area contributed by atoms with Gasteiger partial charge in [0, 0.05) is 49.0 Å². The summed E-state index contributed by atoms with van der Waals surface area (Å²) in [5.74, 6) is -0.480. The number of carbonyl (C=O) groups is 2. The van der Waals surface area contributed by atoms with E-state index in [-0.39, 0.29) is 18.4 Å². The zero-order chi connectivity index (χ0) is 23.7. The topological polar surface area (TPSA) is 105 Å². The summed E-state index contributed by atoms with van der Waals surface area (Å²) in [6.45, 7) is 2.21. The van der Waals surface area contributed by atoms with E-state index in [0.717, 1.165) is 30.8 Å². The molecule has 34 heavy (non-hydrogen) atoms. The summed E-state index contributed by atoms with van der Waals surface area (Å²) < 4.78 is 1.72. The van der Waals surface area contributed by atoms with Gasteiger partial charge < -0.3 is 25.7 Å². The molecule has 0 radical (unpaired) electrons. The van der Waals surface area contributed by atoms with Gasteiger partial charge in [-0.25, -0.2) is 4.98 Å². The van der Waals surface area contributed by atoms with Crippen molar-refractivity contribution in [2.45, 2.75) is 19.5 Å². The van der Waals surface area contributed by atoms with Gasteiger partial charge in [-0.1, -0.05) is 18.2 Å². The lowest BCUT2D eigenvalue weighted by molar-refractivity contribution is 0.0946. The number of likely N-dealkylation sites (N-methyl/N-ethyl adjacent to an activating group) is 1. The Hall–Kier alpha value is -4.17. The molecule has 2 amide bonds. The van der Waals surface area contributed by atoms with Gasteiger partial charge >= 0.3 is 0 Å². The lowest BCUT2D eigenvalue weighted by Crippen LogP contribution is -2.26. The molecule has 1 aliphatic heterocycles. The van der Waals surface area contributed by atoms with Crippen molar-refractivity contribution >= 4 is 28.8 Å². The van der Waals surface area contributed by atoms with Gasteiger partial charge in [-0.05, 0) is 66.6 Å². The number of aromatic nitrogens is 2. The molecule has 0 atom stereocenters. The standard InChI is InChI=1S/C26H26N6O2/c1-31-10-9-18-5-7-22(12-20(18)14-31)29-25(33)19-4-2-3-17(11-19)13-28-26(34)23-16-32-15-21(27)6-8-24(32)30-23/h2-8,11-12,15-16H,9-10,13-14,27H2,1H3,(H,28,34)(H,29,33). The van der Waals surface area contributed by atoms with Crippen molar-refractivity contribution in [1.82, 2.24) is 19.6 Å². The monoisotopic (exact) mass is 454 g/mol. The first-order valence-corrected chi connectivity index (χ1v) is 11.2. The number of nitrogens with two attached hydrogens (primary N) is 1. The van der Waals surface area contributed by atoms with Crippen LogP contribution in [-0.4, -0.2) is 39.7 Å². The molecule has 3 heterocycles. The van der Waals surface area contributed by atoms with Crippen molar-refractivity contribution in [3.63, 3.8) is 0 Å². The molecule has 0 bridgehead atoms. The van der Waals surface area contributed by atoms with Gasteiger partial charge in [-0.2, -0.15) is 0 Å². The Morgan fingerprint density at radius 2 is 1.91 bits per heavy atom. The SMILES string of the molecule is CN1CCc2ccc(NC(=O)c3cccc(CNC(=O)c4cn5cc(N)ccc5n4)c3)cc2C1. The van der Waals surface area contributed by atoms with Gasteiger partial charge in [0.25, 0.3) is 11.8 Å². The Morgan fingerprint density at radius 3 is 2.79 bits per heavy atom. The maximum absolute atomic E-state index is 12.9. The number of nitrogens with zero attached hydrogens (tertiary/aromatic N) is 3. The second-order valence-electron chi connectivity index (χ2n) is 8.66. The highest BCUT2D eigenvalue weighted by molar-refractivity contribution is 6.04. The normalized spacial score (nSPS) is 13.4. The van der Waals surface area contributed by atoms with Gasteiger partial charge in [0.1, 0.15) is 11.3 Å². The van der Waals surface area contributed by atoms with Gasteiger partial charge in [0.15, 0.2) is 0 Å². The molecule has 0 saturated heterocycles. The van der Waals surface area contributed by atoms with Crippen molar-refractivity contribution in [3.8, 4) is 0 Å². The van der Waals surface area contributed by atoms with E-state index in [4.69, 9.17) is 5.73 Å². The highest BCUT2D eigenvalue weighted by Crippen LogP contribution is 2.22. The van der Waals surface area contributed by atoms with Crippen LogP contribution in [0.5, 0.6) is 0 Å². The lowest BCUT2D eigenvalue weighted by Gasteiger charge is -2.25. The molecule has 0 spiro atoms. The van der Waals surface area contributed by atoms with Crippen LogP contribution in [0.1, 0.15) is 37.5 Å². The van der Waals surface area contributed by atoms with E-state index in [1.807, 2.05) is 18.2 Å². The van der Waals surface area contributed by atoms with Crippen molar-refractivity contribution < 1.29 is 9.59 Å². The van der Waals surface area contributed by atoms with Crippen LogP contribution < -0.4 is 16.4 Å². The first-order valence-electron chi connectivity index (χ1n) is 11.2. The smallest absolute Gasteiger partial charge is 0.271 e. The van der Waals surface area contributed by atoms with Crippen LogP contribution in [0.3, 0.4) is 0 Å². The van der Waals surface area contributed by atoms with Crippen LogP contribution in [0.2, 0.25) is 0 Å². The number of anilines is 2. The number of pyridine rings is 1. The molecule has 8 heteroatoms. The van der Waals surface area contributed by atoms with E-state index in [2.05, 4.69) is 39.7 Å². The summed E-state index contributed by atoms with van der Waals surface area (Å²) in [6.07, 6.45) is 4.38. The van der Waals surface area contributed by atoms with Crippen LogP contribution >= 0.6 is 0 Å². The number of carbonyl (C=O) groups excluding carboxylic acids is 2. The third-order valence-electron chi connectivity index (χ3n) is 6.02. The first kappa shape index (κ1) is 21.7. The van der Waals surface area contributed by atoms with E-state index in [1.54, 1.807) is 41.1 Å². The molecule has 172 valence electrons. The summed E-state index contributed by atoms with van der Waals surface area (Å²) in [6, 6.07) is 16.8. The van der Waals surface area contributed by atoms with Gasteiger partial charge in [-0.15, -0.1) is 0 Å². The zero-order valence-corrected chi connectivity index (χ0v) is 18.9. The van der Waals surface area contributed by atoms with Crippen LogP contribution in [0.15, 0.2) is 67.0 Å². The molecule has 2 aromatic carbocycles. The minimum atomic E-state index is -0.295. The quantitative estimate of drug-likeness (QED) is 0.430. The second-order valence-corrected chi connectivity index (χ2v) is 8.66.